The third kappa shape index (κ3) is 3.08. The van der Waals surface area contributed by atoms with Gasteiger partial charge in [0.15, 0.2) is 0 Å². The normalized spacial score (nSPS) is 10.8. The zero-order valence-electron chi connectivity index (χ0n) is 7.77. The second-order valence-electron chi connectivity index (χ2n) is 3.25. The third-order valence-corrected chi connectivity index (χ3v) is 2.34. The number of benzene rings is 1. The Morgan fingerprint density at radius 2 is 2.15 bits per heavy atom. The highest BCUT2D eigenvalue weighted by atomic mass is 79.9. The molecule has 0 heterocycles. The summed E-state index contributed by atoms with van der Waals surface area (Å²) in [5, 5.41) is 3.17. The molecule has 1 rings (SSSR count). The predicted molar refractivity (Wildman–Crippen MR) is 56.1 cm³/mol. The first kappa shape index (κ1) is 10.7. The Morgan fingerprint density at radius 3 is 2.77 bits per heavy atom. The average Bonchev–Trinajstić information content (AvgIpc) is 2.07. The van der Waals surface area contributed by atoms with Crippen LogP contribution in [-0.4, -0.2) is 6.04 Å². The van der Waals surface area contributed by atoms with Gasteiger partial charge >= 0.3 is 0 Å². The van der Waals surface area contributed by atoms with Crippen LogP contribution in [0.1, 0.15) is 19.4 Å². The van der Waals surface area contributed by atoms with Gasteiger partial charge in [0.25, 0.3) is 0 Å². The summed E-state index contributed by atoms with van der Waals surface area (Å²) in [5.74, 6) is -0.171. The van der Waals surface area contributed by atoms with Crippen molar-refractivity contribution in [3.8, 4) is 0 Å². The van der Waals surface area contributed by atoms with Crippen molar-refractivity contribution in [3.05, 3.63) is 34.1 Å². The lowest BCUT2D eigenvalue weighted by atomic mass is 10.2. The molecular formula is C10H13BrFN. The van der Waals surface area contributed by atoms with E-state index < -0.39 is 0 Å². The van der Waals surface area contributed by atoms with Crippen molar-refractivity contribution in [3.63, 3.8) is 0 Å². The molecule has 1 aromatic rings. The number of hydrogen-bond donors (Lipinski definition) is 1. The number of hydrogen-bond acceptors (Lipinski definition) is 1. The Hall–Kier alpha value is -0.410. The molecule has 0 aliphatic rings. The highest BCUT2D eigenvalue weighted by Gasteiger charge is 2.05. The number of halogens is 2. The van der Waals surface area contributed by atoms with Crippen LogP contribution < -0.4 is 5.32 Å². The molecule has 0 fully saturated rings. The second-order valence-corrected chi connectivity index (χ2v) is 4.10. The summed E-state index contributed by atoms with van der Waals surface area (Å²) in [6.07, 6.45) is 0. The molecule has 1 N–H and O–H groups in total. The Kier molecular flexibility index (Phi) is 3.88. The lowest BCUT2D eigenvalue weighted by molar-refractivity contribution is 0.550. The van der Waals surface area contributed by atoms with E-state index in [-0.39, 0.29) is 5.82 Å². The van der Waals surface area contributed by atoms with E-state index in [9.17, 15) is 4.39 Å². The quantitative estimate of drug-likeness (QED) is 0.864. The standard InChI is InChI=1S/C10H13BrFN/c1-7(2)13-6-8-4-3-5-9(11)10(8)12/h3-5,7,13H,6H2,1-2H3. The fraction of sp³-hybridized carbons (Fsp3) is 0.400. The molecule has 0 aliphatic heterocycles. The SMILES string of the molecule is CC(C)NCc1cccc(Br)c1F. The lowest BCUT2D eigenvalue weighted by Crippen LogP contribution is -2.22. The summed E-state index contributed by atoms with van der Waals surface area (Å²) in [4.78, 5) is 0. The van der Waals surface area contributed by atoms with Gasteiger partial charge in [-0.3, -0.25) is 0 Å². The van der Waals surface area contributed by atoms with Crippen LogP contribution in [0, 0.1) is 5.82 Å². The highest BCUT2D eigenvalue weighted by Crippen LogP contribution is 2.18. The predicted octanol–water partition coefficient (Wildman–Crippen LogP) is 3.09. The van der Waals surface area contributed by atoms with Crippen molar-refractivity contribution < 1.29 is 4.39 Å². The van der Waals surface area contributed by atoms with E-state index in [4.69, 9.17) is 0 Å². The Labute approximate surface area is 86.5 Å². The summed E-state index contributed by atoms with van der Waals surface area (Å²) in [6.45, 7) is 4.65. The summed E-state index contributed by atoms with van der Waals surface area (Å²) in [5.41, 5.74) is 0.697. The molecule has 0 radical (unpaired) electrons. The minimum absolute atomic E-state index is 0.171. The number of nitrogens with one attached hydrogen (secondary N) is 1. The molecule has 0 aromatic heterocycles. The van der Waals surface area contributed by atoms with Gasteiger partial charge in [0.1, 0.15) is 5.82 Å². The monoisotopic (exact) mass is 245 g/mol. The first-order valence-corrected chi connectivity index (χ1v) is 5.07. The van der Waals surface area contributed by atoms with Crippen LogP contribution in [0.15, 0.2) is 22.7 Å². The van der Waals surface area contributed by atoms with Crippen LogP contribution in [0.4, 0.5) is 4.39 Å². The Morgan fingerprint density at radius 1 is 1.46 bits per heavy atom. The molecule has 0 amide bonds. The van der Waals surface area contributed by atoms with E-state index in [0.717, 1.165) is 0 Å². The smallest absolute Gasteiger partial charge is 0.141 e. The molecule has 13 heavy (non-hydrogen) atoms. The zero-order valence-corrected chi connectivity index (χ0v) is 9.36. The average molecular weight is 246 g/mol. The summed E-state index contributed by atoms with van der Waals surface area (Å²) < 4.78 is 13.9. The molecule has 0 aliphatic carbocycles. The maximum Gasteiger partial charge on any atom is 0.141 e. The topological polar surface area (TPSA) is 12.0 Å². The van der Waals surface area contributed by atoms with Crippen molar-refractivity contribution >= 4 is 15.9 Å². The van der Waals surface area contributed by atoms with E-state index >= 15 is 0 Å². The fourth-order valence-corrected chi connectivity index (χ4v) is 1.41. The van der Waals surface area contributed by atoms with Gasteiger partial charge < -0.3 is 5.32 Å². The third-order valence-electron chi connectivity index (χ3n) is 1.73. The van der Waals surface area contributed by atoms with Gasteiger partial charge in [0, 0.05) is 18.2 Å². The molecule has 0 atom stereocenters. The van der Waals surface area contributed by atoms with Crippen LogP contribution in [0.3, 0.4) is 0 Å². The van der Waals surface area contributed by atoms with Crippen molar-refractivity contribution in [2.45, 2.75) is 26.4 Å². The molecule has 0 unspecified atom stereocenters. The van der Waals surface area contributed by atoms with Crippen molar-refractivity contribution in [1.29, 1.82) is 0 Å². The van der Waals surface area contributed by atoms with Crippen molar-refractivity contribution in [1.82, 2.24) is 5.32 Å². The summed E-state index contributed by atoms with van der Waals surface area (Å²) in [6, 6.07) is 5.70. The van der Waals surface area contributed by atoms with Gasteiger partial charge in [-0.15, -0.1) is 0 Å². The van der Waals surface area contributed by atoms with Crippen LogP contribution in [0.5, 0.6) is 0 Å². The fourth-order valence-electron chi connectivity index (χ4n) is 0.999. The van der Waals surface area contributed by atoms with Gasteiger partial charge in [-0.05, 0) is 22.0 Å². The molecule has 0 bridgehead atoms. The van der Waals surface area contributed by atoms with Gasteiger partial charge in [-0.25, -0.2) is 4.39 Å². The van der Waals surface area contributed by atoms with Crippen LogP contribution in [0.25, 0.3) is 0 Å². The maximum absolute atomic E-state index is 13.4. The molecule has 3 heteroatoms. The van der Waals surface area contributed by atoms with E-state index in [1.807, 2.05) is 19.9 Å². The maximum atomic E-state index is 13.4. The molecular weight excluding hydrogens is 233 g/mol. The summed E-state index contributed by atoms with van der Waals surface area (Å²) in [7, 11) is 0. The summed E-state index contributed by atoms with van der Waals surface area (Å²) >= 11 is 3.15. The van der Waals surface area contributed by atoms with Gasteiger partial charge in [-0.1, -0.05) is 26.0 Å². The first-order valence-electron chi connectivity index (χ1n) is 4.27. The Balaban J connectivity index is 2.71. The number of rotatable bonds is 3. The van der Waals surface area contributed by atoms with E-state index in [1.54, 1.807) is 12.1 Å². The molecule has 1 nitrogen and oxygen atoms in total. The molecule has 0 saturated carbocycles. The molecule has 0 spiro atoms. The first-order chi connectivity index (χ1) is 6.11. The van der Waals surface area contributed by atoms with E-state index in [0.29, 0.717) is 22.6 Å². The minimum atomic E-state index is -0.171. The minimum Gasteiger partial charge on any atom is -0.310 e. The molecule has 0 saturated heterocycles. The van der Waals surface area contributed by atoms with Crippen LogP contribution in [-0.2, 0) is 6.54 Å². The van der Waals surface area contributed by atoms with Crippen LogP contribution in [0.2, 0.25) is 0 Å². The van der Waals surface area contributed by atoms with E-state index in [1.165, 1.54) is 0 Å². The Bertz CT molecular complexity index is 286. The van der Waals surface area contributed by atoms with Gasteiger partial charge in [-0.2, -0.15) is 0 Å². The lowest BCUT2D eigenvalue weighted by Gasteiger charge is -2.09. The van der Waals surface area contributed by atoms with Crippen molar-refractivity contribution in [2.24, 2.45) is 0 Å². The second kappa shape index (κ2) is 4.72. The van der Waals surface area contributed by atoms with Crippen LogP contribution >= 0.6 is 15.9 Å². The zero-order chi connectivity index (χ0) is 9.84. The molecule has 72 valence electrons. The largest absolute Gasteiger partial charge is 0.310 e. The van der Waals surface area contributed by atoms with Gasteiger partial charge in [0.2, 0.25) is 0 Å². The van der Waals surface area contributed by atoms with E-state index in [2.05, 4.69) is 21.2 Å². The van der Waals surface area contributed by atoms with Gasteiger partial charge in [0.05, 0.1) is 4.47 Å². The molecule has 1 aromatic carbocycles. The highest BCUT2D eigenvalue weighted by molar-refractivity contribution is 9.10. The van der Waals surface area contributed by atoms with Crippen molar-refractivity contribution in [2.75, 3.05) is 0 Å².